The molecule has 0 saturated carbocycles. The van der Waals surface area contributed by atoms with Gasteiger partial charge in [0.2, 0.25) is 0 Å². The van der Waals surface area contributed by atoms with Crippen LogP contribution in [0.5, 0.6) is 11.5 Å². The maximum absolute atomic E-state index is 12.0. The lowest BCUT2D eigenvalue weighted by atomic mass is 10.2. The highest BCUT2D eigenvalue weighted by atomic mass is 16.5. The van der Waals surface area contributed by atoms with Gasteiger partial charge in [-0.1, -0.05) is 0 Å². The highest BCUT2D eigenvalue weighted by molar-refractivity contribution is 5.96. The van der Waals surface area contributed by atoms with Gasteiger partial charge in [-0.2, -0.15) is 0 Å². The van der Waals surface area contributed by atoms with Crippen LogP contribution in [0, 0.1) is 0 Å². The lowest BCUT2D eigenvalue weighted by Crippen LogP contribution is -2.22. The third-order valence-electron chi connectivity index (χ3n) is 3.95. The molecule has 0 aromatic heterocycles. The van der Waals surface area contributed by atoms with Crippen LogP contribution in [0.25, 0.3) is 6.08 Å². The fraction of sp³-hybridized carbons (Fsp3) is 0.227. The molecule has 8 nitrogen and oxygen atoms in total. The van der Waals surface area contributed by atoms with Crippen molar-refractivity contribution in [2.75, 3.05) is 40.2 Å². The second kappa shape index (κ2) is 10.7. The van der Waals surface area contributed by atoms with Crippen molar-refractivity contribution in [3.05, 3.63) is 59.7 Å². The SMILES string of the molecule is COc1cc(/C=C/C(=O)OCC(=O)Nc2ccc(C(=O)N(C)C)cc2)cc(OC)c1. The normalized spacial score (nSPS) is 10.4. The van der Waals surface area contributed by atoms with E-state index in [-0.39, 0.29) is 5.91 Å². The summed E-state index contributed by atoms with van der Waals surface area (Å²) >= 11 is 0. The zero-order valence-corrected chi connectivity index (χ0v) is 17.3. The number of rotatable bonds is 8. The number of hydrogen-bond acceptors (Lipinski definition) is 6. The fourth-order valence-electron chi connectivity index (χ4n) is 2.43. The molecule has 2 rings (SSSR count). The Morgan fingerprint density at radius 3 is 2.10 bits per heavy atom. The summed E-state index contributed by atoms with van der Waals surface area (Å²) in [5.41, 5.74) is 1.68. The van der Waals surface area contributed by atoms with Crippen LogP contribution in [0.3, 0.4) is 0 Å². The molecule has 2 amide bonds. The third kappa shape index (κ3) is 6.66. The third-order valence-corrected chi connectivity index (χ3v) is 3.95. The number of esters is 1. The van der Waals surface area contributed by atoms with Gasteiger partial charge in [-0.3, -0.25) is 9.59 Å². The Kier molecular flexibility index (Phi) is 7.99. The Balaban J connectivity index is 1.86. The van der Waals surface area contributed by atoms with Gasteiger partial charge in [-0.05, 0) is 48.0 Å². The van der Waals surface area contributed by atoms with Gasteiger partial charge in [-0.15, -0.1) is 0 Å². The zero-order valence-electron chi connectivity index (χ0n) is 17.3. The Hall–Kier alpha value is -3.81. The summed E-state index contributed by atoms with van der Waals surface area (Å²) in [5.74, 6) is -0.132. The first-order valence-corrected chi connectivity index (χ1v) is 9.02. The summed E-state index contributed by atoms with van der Waals surface area (Å²) in [6.45, 7) is -0.441. The predicted octanol–water partition coefficient (Wildman–Crippen LogP) is 2.60. The van der Waals surface area contributed by atoms with Crippen molar-refractivity contribution in [3.8, 4) is 11.5 Å². The van der Waals surface area contributed by atoms with Gasteiger partial charge < -0.3 is 24.4 Å². The molecule has 8 heteroatoms. The number of benzene rings is 2. The molecule has 0 bridgehead atoms. The molecule has 0 radical (unpaired) electrons. The highest BCUT2D eigenvalue weighted by Crippen LogP contribution is 2.23. The van der Waals surface area contributed by atoms with Crippen molar-refractivity contribution < 1.29 is 28.6 Å². The van der Waals surface area contributed by atoms with Gasteiger partial charge in [0.25, 0.3) is 11.8 Å². The van der Waals surface area contributed by atoms with Crippen LogP contribution in [0.15, 0.2) is 48.5 Å². The van der Waals surface area contributed by atoms with Gasteiger partial charge >= 0.3 is 5.97 Å². The average molecular weight is 412 g/mol. The van der Waals surface area contributed by atoms with E-state index in [2.05, 4.69) is 5.32 Å². The molecule has 0 saturated heterocycles. The summed E-state index contributed by atoms with van der Waals surface area (Å²) in [6, 6.07) is 11.6. The van der Waals surface area contributed by atoms with E-state index in [1.807, 2.05) is 0 Å². The van der Waals surface area contributed by atoms with Crippen molar-refractivity contribution in [1.29, 1.82) is 0 Å². The number of hydrogen-bond donors (Lipinski definition) is 1. The molecule has 0 aliphatic heterocycles. The molecule has 1 N–H and O–H groups in total. The van der Waals surface area contributed by atoms with Gasteiger partial charge in [0.15, 0.2) is 6.61 Å². The minimum Gasteiger partial charge on any atom is -0.497 e. The maximum Gasteiger partial charge on any atom is 0.331 e. The molecule has 0 fully saturated rings. The Labute approximate surface area is 175 Å². The van der Waals surface area contributed by atoms with E-state index in [4.69, 9.17) is 14.2 Å². The van der Waals surface area contributed by atoms with Crippen molar-refractivity contribution in [3.63, 3.8) is 0 Å². The molecule has 0 atom stereocenters. The first-order valence-electron chi connectivity index (χ1n) is 9.02. The Morgan fingerprint density at radius 2 is 1.57 bits per heavy atom. The van der Waals surface area contributed by atoms with Crippen molar-refractivity contribution in [1.82, 2.24) is 4.90 Å². The number of carbonyl (C=O) groups is 3. The summed E-state index contributed by atoms with van der Waals surface area (Å²) in [5, 5.41) is 2.60. The van der Waals surface area contributed by atoms with Gasteiger partial charge in [0.1, 0.15) is 11.5 Å². The maximum atomic E-state index is 12.0. The van der Waals surface area contributed by atoms with E-state index < -0.39 is 18.5 Å². The molecule has 2 aromatic rings. The first-order chi connectivity index (χ1) is 14.3. The molecule has 30 heavy (non-hydrogen) atoms. The van der Waals surface area contributed by atoms with Crippen LogP contribution in [-0.4, -0.2) is 57.6 Å². The molecule has 0 unspecified atom stereocenters. The van der Waals surface area contributed by atoms with Gasteiger partial charge in [0.05, 0.1) is 14.2 Å². The van der Waals surface area contributed by atoms with Crippen LogP contribution in [-0.2, 0) is 14.3 Å². The molecule has 158 valence electrons. The monoisotopic (exact) mass is 412 g/mol. The number of carbonyl (C=O) groups excluding carboxylic acids is 3. The van der Waals surface area contributed by atoms with Crippen molar-refractivity contribution in [2.45, 2.75) is 0 Å². The molecular weight excluding hydrogens is 388 g/mol. The smallest absolute Gasteiger partial charge is 0.331 e. The average Bonchev–Trinajstić information content (AvgIpc) is 2.75. The predicted molar refractivity (Wildman–Crippen MR) is 113 cm³/mol. The molecule has 0 aliphatic carbocycles. The molecular formula is C22H24N2O6. The van der Waals surface area contributed by atoms with Crippen LogP contribution in [0.1, 0.15) is 15.9 Å². The fourth-order valence-corrected chi connectivity index (χ4v) is 2.43. The standard InChI is InChI=1S/C22H24N2O6/c1-24(2)22(27)16-6-8-17(9-7-16)23-20(25)14-30-21(26)10-5-15-11-18(28-3)13-19(12-15)29-4/h5-13H,14H2,1-4H3,(H,23,25)/b10-5+. The minimum atomic E-state index is -0.668. The van der Waals surface area contributed by atoms with Crippen molar-refractivity contribution in [2.24, 2.45) is 0 Å². The van der Waals surface area contributed by atoms with E-state index in [0.29, 0.717) is 28.3 Å². The number of amides is 2. The zero-order chi connectivity index (χ0) is 22.1. The van der Waals surface area contributed by atoms with Crippen LogP contribution < -0.4 is 14.8 Å². The lowest BCUT2D eigenvalue weighted by molar-refractivity contribution is -0.142. The van der Waals surface area contributed by atoms with Gasteiger partial charge in [0, 0.05) is 37.5 Å². The van der Waals surface area contributed by atoms with E-state index in [1.54, 1.807) is 56.6 Å². The molecule has 0 heterocycles. The van der Waals surface area contributed by atoms with E-state index >= 15 is 0 Å². The van der Waals surface area contributed by atoms with Crippen molar-refractivity contribution >= 4 is 29.5 Å². The van der Waals surface area contributed by atoms with Crippen LogP contribution in [0.2, 0.25) is 0 Å². The highest BCUT2D eigenvalue weighted by Gasteiger charge is 2.09. The number of nitrogens with one attached hydrogen (secondary N) is 1. The van der Waals surface area contributed by atoms with Crippen LogP contribution in [0.4, 0.5) is 5.69 Å². The summed E-state index contributed by atoms with van der Waals surface area (Å²) in [7, 11) is 6.38. The number of methoxy groups -OCH3 is 2. The number of anilines is 1. The molecule has 0 aliphatic rings. The quantitative estimate of drug-likeness (QED) is 0.529. The van der Waals surface area contributed by atoms with E-state index in [9.17, 15) is 14.4 Å². The minimum absolute atomic E-state index is 0.137. The topological polar surface area (TPSA) is 94.2 Å². The van der Waals surface area contributed by atoms with E-state index in [1.165, 1.54) is 31.3 Å². The number of ether oxygens (including phenoxy) is 3. The Bertz CT molecular complexity index is 913. The summed E-state index contributed by atoms with van der Waals surface area (Å²) < 4.78 is 15.3. The molecule has 2 aromatic carbocycles. The second-order valence-electron chi connectivity index (χ2n) is 6.41. The van der Waals surface area contributed by atoms with Crippen LogP contribution >= 0.6 is 0 Å². The second-order valence-corrected chi connectivity index (χ2v) is 6.41. The molecule has 0 spiro atoms. The first kappa shape index (κ1) is 22.5. The number of nitrogens with zero attached hydrogens (tertiary/aromatic N) is 1. The largest absolute Gasteiger partial charge is 0.497 e. The lowest BCUT2D eigenvalue weighted by Gasteiger charge is -2.11. The summed E-state index contributed by atoms with van der Waals surface area (Å²) in [4.78, 5) is 37.1. The van der Waals surface area contributed by atoms with E-state index in [0.717, 1.165) is 0 Å². The summed E-state index contributed by atoms with van der Waals surface area (Å²) in [6.07, 6.45) is 2.74. The Morgan fingerprint density at radius 1 is 0.967 bits per heavy atom. The van der Waals surface area contributed by atoms with Gasteiger partial charge in [-0.25, -0.2) is 4.79 Å².